The van der Waals surface area contributed by atoms with Gasteiger partial charge in [-0.2, -0.15) is 0 Å². The summed E-state index contributed by atoms with van der Waals surface area (Å²) in [6, 6.07) is 19.4. The van der Waals surface area contributed by atoms with Crippen LogP contribution in [0, 0.1) is 5.92 Å². The molecule has 0 bridgehead atoms. The number of ether oxygens (including phenoxy) is 3. The van der Waals surface area contributed by atoms with Crippen molar-refractivity contribution < 1.29 is 19.0 Å². The van der Waals surface area contributed by atoms with E-state index in [2.05, 4.69) is 13.8 Å². The fraction of sp³-hybridized carbons (Fsp3) is 0.323. The van der Waals surface area contributed by atoms with Gasteiger partial charge in [-0.25, -0.2) is 4.98 Å². The minimum absolute atomic E-state index is 0.136. The van der Waals surface area contributed by atoms with Gasteiger partial charge in [0.05, 0.1) is 29.7 Å². The van der Waals surface area contributed by atoms with E-state index in [-0.39, 0.29) is 18.3 Å². The Hall–Kier alpha value is -4.33. The standard InChI is InChI=1S/C31H33N3O5/c1-5-26(33(17-16-20(2)3)30(35)21-10-15-27-28(18-21)39-19-38-27)29-32-25-9-7-6-8-24(25)31(36)34(29)22-11-13-23(37-4)14-12-22/h6-15,18,20,26H,5,16-17,19H2,1-4H3. The second-order valence-electron chi connectivity index (χ2n) is 10.00. The van der Waals surface area contributed by atoms with Crippen LogP contribution >= 0.6 is 0 Å². The molecule has 0 radical (unpaired) electrons. The van der Waals surface area contributed by atoms with Gasteiger partial charge in [-0.05, 0) is 73.4 Å². The van der Waals surface area contributed by atoms with E-state index in [9.17, 15) is 9.59 Å². The number of benzene rings is 3. The van der Waals surface area contributed by atoms with Gasteiger partial charge in [0.25, 0.3) is 11.5 Å². The minimum atomic E-state index is -0.457. The highest BCUT2D eigenvalue weighted by Crippen LogP contribution is 2.34. The topological polar surface area (TPSA) is 82.9 Å². The average molecular weight is 528 g/mol. The van der Waals surface area contributed by atoms with E-state index in [4.69, 9.17) is 19.2 Å². The number of aromatic nitrogens is 2. The molecule has 1 aliphatic heterocycles. The molecular formula is C31H33N3O5. The zero-order valence-electron chi connectivity index (χ0n) is 22.7. The first-order valence-corrected chi connectivity index (χ1v) is 13.3. The molecule has 0 N–H and O–H groups in total. The number of nitrogens with zero attached hydrogens (tertiary/aromatic N) is 3. The predicted molar refractivity (Wildman–Crippen MR) is 150 cm³/mol. The smallest absolute Gasteiger partial charge is 0.266 e. The van der Waals surface area contributed by atoms with Crippen molar-refractivity contribution in [1.82, 2.24) is 14.5 Å². The molecule has 1 atom stereocenters. The molecule has 0 aliphatic carbocycles. The summed E-state index contributed by atoms with van der Waals surface area (Å²) in [6.45, 7) is 6.92. The fourth-order valence-corrected chi connectivity index (χ4v) is 4.89. The van der Waals surface area contributed by atoms with Crippen molar-refractivity contribution in [3.8, 4) is 22.9 Å². The molecule has 39 heavy (non-hydrogen) atoms. The molecule has 3 aromatic carbocycles. The van der Waals surface area contributed by atoms with Crippen molar-refractivity contribution in [1.29, 1.82) is 0 Å². The van der Waals surface area contributed by atoms with Crippen LogP contribution in [0.1, 0.15) is 55.8 Å². The third-order valence-corrected chi connectivity index (χ3v) is 7.02. The second-order valence-corrected chi connectivity index (χ2v) is 10.00. The van der Waals surface area contributed by atoms with E-state index in [0.29, 0.717) is 64.1 Å². The van der Waals surface area contributed by atoms with E-state index in [1.54, 1.807) is 35.9 Å². The number of methoxy groups -OCH3 is 1. The lowest BCUT2D eigenvalue weighted by atomic mass is 10.0. The molecule has 4 aromatic rings. The lowest BCUT2D eigenvalue weighted by Crippen LogP contribution is -2.39. The van der Waals surface area contributed by atoms with E-state index in [1.807, 2.05) is 54.3 Å². The van der Waals surface area contributed by atoms with Crippen LogP contribution in [0.3, 0.4) is 0 Å². The molecule has 0 saturated carbocycles. The first-order chi connectivity index (χ1) is 18.9. The van der Waals surface area contributed by atoms with Crippen LogP contribution < -0.4 is 19.8 Å². The Morgan fingerprint density at radius 1 is 1.05 bits per heavy atom. The molecule has 2 heterocycles. The van der Waals surface area contributed by atoms with E-state index >= 15 is 0 Å². The van der Waals surface area contributed by atoms with Crippen LogP contribution in [-0.4, -0.2) is 40.8 Å². The van der Waals surface area contributed by atoms with E-state index in [1.165, 1.54) is 0 Å². The van der Waals surface area contributed by atoms with Gasteiger partial charge in [-0.3, -0.25) is 14.2 Å². The number of fused-ring (bicyclic) bond motifs is 2. The number of carbonyl (C=O) groups excluding carboxylic acids is 1. The van der Waals surface area contributed by atoms with Gasteiger partial charge in [-0.1, -0.05) is 32.9 Å². The fourth-order valence-electron chi connectivity index (χ4n) is 4.89. The van der Waals surface area contributed by atoms with Gasteiger partial charge in [0.1, 0.15) is 11.6 Å². The van der Waals surface area contributed by atoms with Crippen LogP contribution in [0.4, 0.5) is 0 Å². The van der Waals surface area contributed by atoms with Gasteiger partial charge in [0.15, 0.2) is 11.5 Å². The highest BCUT2D eigenvalue weighted by Gasteiger charge is 2.30. The molecule has 1 unspecified atom stereocenters. The van der Waals surface area contributed by atoms with Crippen molar-refractivity contribution in [2.75, 3.05) is 20.4 Å². The summed E-state index contributed by atoms with van der Waals surface area (Å²) in [5, 5.41) is 0.516. The Kier molecular flexibility index (Phi) is 7.54. The molecule has 202 valence electrons. The van der Waals surface area contributed by atoms with E-state index in [0.717, 1.165) is 6.42 Å². The SMILES string of the molecule is CCC(c1nc2ccccc2c(=O)n1-c1ccc(OC)cc1)N(CCC(C)C)C(=O)c1ccc2c(c1)OCO2. The second kappa shape index (κ2) is 11.2. The van der Waals surface area contributed by atoms with Crippen molar-refractivity contribution in [2.45, 2.75) is 39.7 Å². The van der Waals surface area contributed by atoms with Crippen LogP contribution in [-0.2, 0) is 0 Å². The lowest BCUT2D eigenvalue weighted by molar-refractivity contribution is 0.0648. The Bertz CT molecular complexity index is 1540. The molecule has 8 heteroatoms. The largest absolute Gasteiger partial charge is 0.497 e. The number of carbonyl (C=O) groups is 1. The molecular weight excluding hydrogens is 494 g/mol. The maximum Gasteiger partial charge on any atom is 0.266 e. The Morgan fingerprint density at radius 2 is 1.79 bits per heavy atom. The molecule has 0 saturated heterocycles. The predicted octanol–water partition coefficient (Wildman–Crippen LogP) is 5.76. The zero-order valence-corrected chi connectivity index (χ0v) is 22.7. The van der Waals surface area contributed by atoms with Crippen molar-refractivity contribution in [3.63, 3.8) is 0 Å². The first-order valence-electron chi connectivity index (χ1n) is 13.3. The molecule has 0 spiro atoms. The van der Waals surface area contributed by atoms with Crippen molar-refractivity contribution >= 4 is 16.8 Å². The van der Waals surface area contributed by atoms with E-state index < -0.39 is 6.04 Å². The molecule has 1 amide bonds. The van der Waals surface area contributed by atoms with Crippen molar-refractivity contribution in [3.05, 3.63) is 88.5 Å². The van der Waals surface area contributed by atoms with Gasteiger partial charge in [0, 0.05) is 12.1 Å². The number of rotatable bonds is 9. The third-order valence-electron chi connectivity index (χ3n) is 7.02. The van der Waals surface area contributed by atoms with Crippen LogP contribution in [0.5, 0.6) is 17.2 Å². The van der Waals surface area contributed by atoms with Gasteiger partial charge >= 0.3 is 0 Å². The Labute approximate surface area is 227 Å². The number of hydrogen-bond donors (Lipinski definition) is 0. The van der Waals surface area contributed by atoms with Gasteiger partial charge < -0.3 is 19.1 Å². The molecule has 1 aliphatic rings. The Balaban J connectivity index is 1.67. The summed E-state index contributed by atoms with van der Waals surface area (Å²) < 4.78 is 17.9. The third kappa shape index (κ3) is 5.19. The number of para-hydroxylation sites is 1. The lowest BCUT2D eigenvalue weighted by Gasteiger charge is -2.33. The quantitative estimate of drug-likeness (QED) is 0.275. The summed E-state index contributed by atoms with van der Waals surface area (Å²) in [7, 11) is 1.60. The summed E-state index contributed by atoms with van der Waals surface area (Å²) in [4.78, 5) is 34.9. The maximum absolute atomic E-state index is 14.1. The van der Waals surface area contributed by atoms with Crippen molar-refractivity contribution in [2.24, 2.45) is 5.92 Å². The zero-order chi connectivity index (χ0) is 27.5. The number of amides is 1. The van der Waals surface area contributed by atoms with Crippen LogP contribution in [0.25, 0.3) is 16.6 Å². The minimum Gasteiger partial charge on any atom is -0.497 e. The van der Waals surface area contributed by atoms with Gasteiger partial charge in [0.2, 0.25) is 6.79 Å². The normalized spacial score (nSPS) is 13.1. The van der Waals surface area contributed by atoms with Gasteiger partial charge in [-0.15, -0.1) is 0 Å². The molecule has 5 rings (SSSR count). The average Bonchev–Trinajstić information content (AvgIpc) is 3.43. The monoisotopic (exact) mass is 527 g/mol. The maximum atomic E-state index is 14.1. The summed E-state index contributed by atoms with van der Waals surface area (Å²) >= 11 is 0. The molecule has 8 nitrogen and oxygen atoms in total. The summed E-state index contributed by atoms with van der Waals surface area (Å²) in [5.74, 6) is 2.61. The van der Waals surface area contributed by atoms with Crippen LogP contribution in [0.15, 0.2) is 71.5 Å². The molecule has 1 aromatic heterocycles. The number of hydrogen-bond acceptors (Lipinski definition) is 6. The highest BCUT2D eigenvalue weighted by molar-refractivity contribution is 5.95. The first kappa shape index (κ1) is 26.3. The Morgan fingerprint density at radius 3 is 2.51 bits per heavy atom. The summed E-state index contributed by atoms with van der Waals surface area (Å²) in [5.41, 5.74) is 1.58. The van der Waals surface area contributed by atoms with Crippen LogP contribution in [0.2, 0.25) is 0 Å². The highest BCUT2D eigenvalue weighted by atomic mass is 16.7. The molecule has 0 fully saturated rings. The summed E-state index contributed by atoms with van der Waals surface area (Å²) in [6.07, 6.45) is 1.36.